The molecule has 1 rings (SSSR count). The Morgan fingerprint density at radius 3 is 2.23 bits per heavy atom. The van der Waals surface area contributed by atoms with Gasteiger partial charge in [-0.1, -0.05) is 6.07 Å². The first-order valence-electron chi connectivity index (χ1n) is 3.61. The van der Waals surface area contributed by atoms with Gasteiger partial charge in [0.1, 0.15) is 0 Å². The molecular formula is C8H9F3N2. The van der Waals surface area contributed by atoms with Crippen LogP contribution in [0.25, 0.3) is 0 Å². The van der Waals surface area contributed by atoms with Gasteiger partial charge in [-0.3, -0.25) is 0 Å². The molecule has 4 N–H and O–H groups in total. The van der Waals surface area contributed by atoms with Crippen molar-refractivity contribution in [3.8, 4) is 0 Å². The predicted molar refractivity (Wildman–Crippen MR) is 43.7 cm³/mol. The topological polar surface area (TPSA) is 52.0 Å². The molecule has 0 bridgehead atoms. The summed E-state index contributed by atoms with van der Waals surface area (Å²) in [6.07, 6.45) is -4.35. The van der Waals surface area contributed by atoms with Crippen LogP contribution in [0.1, 0.15) is 11.1 Å². The number of hydrogen-bond donors (Lipinski definition) is 2. The van der Waals surface area contributed by atoms with Gasteiger partial charge < -0.3 is 11.5 Å². The number of hydrogen-bond acceptors (Lipinski definition) is 2. The number of nitrogens with two attached hydrogens (primary N) is 2. The van der Waals surface area contributed by atoms with Crippen LogP contribution in [0.2, 0.25) is 0 Å². The zero-order chi connectivity index (χ0) is 10.1. The summed E-state index contributed by atoms with van der Waals surface area (Å²) in [5.74, 6) is 0. The minimum Gasteiger partial charge on any atom is -0.398 e. The minimum atomic E-state index is -4.35. The van der Waals surface area contributed by atoms with Gasteiger partial charge in [0.15, 0.2) is 0 Å². The summed E-state index contributed by atoms with van der Waals surface area (Å²) in [5.41, 5.74) is 10.5. The van der Waals surface area contributed by atoms with Gasteiger partial charge in [0.05, 0.1) is 5.56 Å². The molecule has 0 aromatic heterocycles. The minimum absolute atomic E-state index is 0.0809. The third-order valence-electron chi connectivity index (χ3n) is 1.69. The van der Waals surface area contributed by atoms with Gasteiger partial charge in [0.25, 0.3) is 0 Å². The number of rotatable bonds is 1. The van der Waals surface area contributed by atoms with E-state index in [1.165, 1.54) is 6.07 Å². The zero-order valence-electron chi connectivity index (χ0n) is 6.73. The van der Waals surface area contributed by atoms with E-state index in [2.05, 4.69) is 0 Å². The van der Waals surface area contributed by atoms with Crippen molar-refractivity contribution in [2.75, 3.05) is 5.73 Å². The standard InChI is InChI=1S/C8H9F3N2/c9-8(10,11)6-2-1-5(4-12)7(13)3-6/h1-3H,4,12-13H2. The van der Waals surface area contributed by atoms with Crippen molar-refractivity contribution in [2.24, 2.45) is 5.73 Å². The Kier molecular flexibility index (Phi) is 2.47. The molecule has 2 nitrogen and oxygen atoms in total. The molecule has 72 valence electrons. The van der Waals surface area contributed by atoms with Crippen molar-refractivity contribution in [1.29, 1.82) is 0 Å². The van der Waals surface area contributed by atoms with Crippen LogP contribution < -0.4 is 11.5 Å². The number of halogens is 3. The molecule has 13 heavy (non-hydrogen) atoms. The van der Waals surface area contributed by atoms with Crippen LogP contribution in [0.5, 0.6) is 0 Å². The zero-order valence-corrected chi connectivity index (χ0v) is 6.73. The smallest absolute Gasteiger partial charge is 0.398 e. The van der Waals surface area contributed by atoms with Gasteiger partial charge >= 0.3 is 6.18 Å². The van der Waals surface area contributed by atoms with Crippen LogP contribution in [0.3, 0.4) is 0 Å². The van der Waals surface area contributed by atoms with Crippen molar-refractivity contribution in [3.05, 3.63) is 29.3 Å². The van der Waals surface area contributed by atoms with Gasteiger partial charge in [0, 0.05) is 12.2 Å². The fourth-order valence-corrected chi connectivity index (χ4v) is 0.957. The largest absolute Gasteiger partial charge is 0.416 e. The molecule has 0 saturated heterocycles. The third-order valence-corrected chi connectivity index (χ3v) is 1.69. The first kappa shape index (κ1) is 9.85. The Morgan fingerprint density at radius 2 is 1.85 bits per heavy atom. The second kappa shape index (κ2) is 3.26. The van der Waals surface area contributed by atoms with E-state index in [1.807, 2.05) is 0 Å². The molecule has 5 heteroatoms. The normalized spacial score (nSPS) is 11.7. The lowest BCUT2D eigenvalue weighted by Gasteiger charge is -2.09. The second-order valence-corrected chi connectivity index (χ2v) is 2.62. The molecular weight excluding hydrogens is 181 g/mol. The van der Waals surface area contributed by atoms with Gasteiger partial charge in [-0.15, -0.1) is 0 Å². The predicted octanol–water partition coefficient (Wildman–Crippen LogP) is 1.75. The second-order valence-electron chi connectivity index (χ2n) is 2.62. The molecule has 0 amide bonds. The van der Waals surface area contributed by atoms with Gasteiger partial charge in [-0.25, -0.2) is 0 Å². The number of nitrogen functional groups attached to an aromatic ring is 1. The number of anilines is 1. The fourth-order valence-electron chi connectivity index (χ4n) is 0.957. The average Bonchev–Trinajstić information content (AvgIpc) is 2.02. The summed E-state index contributed by atoms with van der Waals surface area (Å²) in [5, 5.41) is 0. The van der Waals surface area contributed by atoms with E-state index in [1.54, 1.807) is 0 Å². The lowest BCUT2D eigenvalue weighted by Crippen LogP contribution is -2.08. The van der Waals surface area contributed by atoms with Crippen LogP contribution in [0, 0.1) is 0 Å². The lowest BCUT2D eigenvalue weighted by molar-refractivity contribution is -0.137. The molecule has 0 aliphatic heterocycles. The summed E-state index contributed by atoms with van der Waals surface area (Å²) in [6, 6.07) is 3.15. The van der Waals surface area contributed by atoms with Crippen molar-refractivity contribution < 1.29 is 13.2 Å². The first-order chi connectivity index (χ1) is 5.95. The fraction of sp³-hybridized carbons (Fsp3) is 0.250. The Hall–Kier alpha value is -1.23. The van der Waals surface area contributed by atoms with Crippen molar-refractivity contribution in [2.45, 2.75) is 12.7 Å². The van der Waals surface area contributed by atoms with Gasteiger partial charge in [-0.05, 0) is 17.7 Å². The van der Waals surface area contributed by atoms with E-state index in [-0.39, 0.29) is 12.2 Å². The van der Waals surface area contributed by atoms with Crippen molar-refractivity contribution in [1.82, 2.24) is 0 Å². The maximum Gasteiger partial charge on any atom is 0.416 e. The molecule has 0 radical (unpaired) electrons. The van der Waals surface area contributed by atoms with Crippen LogP contribution in [0.4, 0.5) is 18.9 Å². The number of alkyl halides is 3. The SMILES string of the molecule is NCc1ccc(C(F)(F)F)cc1N. The monoisotopic (exact) mass is 190 g/mol. The van der Waals surface area contributed by atoms with E-state index < -0.39 is 11.7 Å². The first-order valence-corrected chi connectivity index (χ1v) is 3.61. The van der Waals surface area contributed by atoms with Gasteiger partial charge in [0.2, 0.25) is 0 Å². The Morgan fingerprint density at radius 1 is 1.23 bits per heavy atom. The van der Waals surface area contributed by atoms with Gasteiger partial charge in [-0.2, -0.15) is 13.2 Å². The van der Waals surface area contributed by atoms with Crippen LogP contribution >= 0.6 is 0 Å². The van der Waals surface area contributed by atoms with E-state index in [9.17, 15) is 13.2 Å². The highest BCUT2D eigenvalue weighted by Gasteiger charge is 2.30. The number of benzene rings is 1. The summed E-state index contributed by atoms with van der Waals surface area (Å²) in [6.45, 7) is 0.143. The summed E-state index contributed by atoms with van der Waals surface area (Å²) in [4.78, 5) is 0. The van der Waals surface area contributed by atoms with E-state index in [0.29, 0.717) is 5.56 Å². The molecule has 0 aliphatic rings. The third kappa shape index (κ3) is 2.12. The van der Waals surface area contributed by atoms with Crippen LogP contribution in [-0.2, 0) is 12.7 Å². The molecule has 0 spiro atoms. The van der Waals surface area contributed by atoms with E-state index >= 15 is 0 Å². The Bertz CT molecular complexity index is 307. The molecule has 0 saturated carbocycles. The molecule has 0 unspecified atom stereocenters. The molecule has 1 aromatic carbocycles. The van der Waals surface area contributed by atoms with Crippen LogP contribution in [0.15, 0.2) is 18.2 Å². The van der Waals surface area contributed by atoms with Crippen molar-refractivity contribution >= 4 is 5.69 Å². The summed E-state index contributed by atoms with van der Waals surface area (Å²) >= 11 is 0. The van der Waals surface area contributed by atoms with E-state index in [0.717, 1.165) is 12.1 Å². The Labute approximate surface area is 73.3 Å². The quantitative estimate of drug-likeness (QED) is 0.663. The highest BCUT2D eigenvalue weighted by atomic mass is 19.4. The molecule has 0 atom stereocenters. The highest BCUT2D eigenvalue weighted by molar-refractivity contribution is 5.49. The molecule has 0 aliphatic carbocycles. The summed E-state index contributed by atoms with van der Waals surface area (Å²) < 4.78 is 36.4. The molecule has 1 aromatic rings. The molecule has 0 heterocycles. The average molecular weight is 190 g/mol. The lowest BCUT2D eigenvalue weighted by atomic mass is 10.1. The highest BCUT2D eigenvalue weighted by Crippen LogP contribution is 2.31. The van der Waals surface area contributed by atoms with Crippen molar-refractivity contribution in [3.63, 3.8) is 0 Å². The van der Waals surface area contributed by atoms with E-state index in [4.69, 9.17) is 11.5 Å². The Balaban J connectivity index is 3.10. The summed E-state index contributed by atoms with van der Waals surface area (Å²) in [7, 11) is 0. The molecule has 0 fully saturated rings. The van der Waals surface area contributed by atoms with Crippen LogP contribution in [-0.4, -0.2) is 0 Å². The maximum atomic E-state index is 12.1. The maximum absolute atomic E-state index is 12.1.